The Bertz CT molecular complexity index is 205. The summed E-state index contributed by atoms with van der Waals surface area (Å²) in [5.41, 5.74) is 5.75. The van der Waals surface area contributed by atoms with E-state index in [1.807, 2.05) is 11.8 Å². The van der Waals surface area contributed by atoms with Crippen molar-refractivity contribution in [3.8, 4) is 0 Å². The Hall–Kier alpha value is 0.350. The third kappa shape index (κ3) is 10.9. The highest BCUT2D eigenvalue weighted by molar-refractivity contribution is 14.0. The van der Waals surface area contributed by atoms with E-state index in [-0.39, 0.29) is 28.7 Å². The van der Waals surface area contributed by atoms with Crippen molar-refractivity contribution in [3.05, 3.63) is 0 Å². The Morgan fingerprint density at radius 2 is 2.00 bits per heavy atom. The number of nitrogens with one attached hydrogen (secondary N) is 1. The minimum Gasteiger partial charge on any atom is -0.370 e. The fourth-order valence-corrected chi connectivity index (χ4v) is 1.08. The summed E-state index contributed by atoms with van der Waals surface area (Å²) >= 11 is 1.81. The van der Waals surface area contributed by atoms with E-state index in [0.29, 0.717) is 11.9 Å². The average Bonchev–Trinajstić information content (AvgIpc) is 2.14. The molecule has 0 aromatic rings. The predicted octanol–water partition coefficient (Wildman–Crippen LogP) is 2.70. The van der Waals surface area contributed by atoms with Crippen LogP contribution in [0.4, 0.5) is 0 Å². The van der Waals surface area contributed by atoms with Crippen LogP contribution in [-0.4, -0.2) is 30.1 Å². The normalized spacial score (nSPS) is 12.5. The van der Waals surface area contributed by atoms with Gasteiger partial charge >= 0.3 is 0 Å². The van der Waals surface area contributed by atoms with E-state index in [0.717, 1.165) is 19.5 Å². The topological polar surface area (TPSA) is 50.4 Å². The minimum absolute atomic E-state index is 0. The van der Waals surface area contributed by atoms with E-state index < -0.39 is 0 Å². The van der Waals surface area contributed by atoms with Gasteiger partial charge in [-0.3, -0.25) is 4.99 Å². The van der Waals surface area contributed by atoms with Crippen molar-refractivity contribution in [1.29, 1.82) is 0 Å². The summed E-state index contributed by atoms with van der Waals surface area (Å²) in [6, 6.07) is 0. The molecule has 0 aromatic carbocycles. The number of nitrogens with two attached hydrogens (primary N) is 1. The number of halogens is 1. The van der Waals surface area contributed by atoms with Gasteiger partial charge in [-0.05, 0) is 32.4 Å². The van der Waals surface area contributed by atoms with Gasteiger partial charge in [0.2, 0.25) is 0 Å². The van der Waals surface area contributed by atoms with Crippen molar-refractivity contribution in [2.45, 2.75) is 38.9 Å². The van der Waals surface area contributed by atoms with Crippen LogP contribution in [0.3, 0.4) is 0 Å². The molecule has 0 aliphatic heterocycles. The van der Waals surface area contributed by atoms with Gasteiger partial charge in [-0.1, -0.05) is 13.8 Å². The third-order valence-electron chi connectivity index (χ3n) is 2.21. The van der Waals surface area contributed by atoms with Gasteiger partial charge in [0.15, 0.2) is 5.96 Å². The van der Waals surface area contributed by atoms with Gasteiger partial charge in [-0.2, -0.15) is 11.8 Å². The zero-order chi connectivity index (χ0) is 11.9. The molecule has 0 spiro atoms. The van der Waals surface area contributed by atoms with Crippen LogP contribution in [0.15, 0.2) is 4.99 Å². The van der Waals surface area contributed by atoms with Crippen molar-refractivity contribution in [2.24, 2.45) is 16.6 Å². The molecule has 16 heavy (non-hydrogen) atoms. The highest BCUT2D eigenvalue weighted by atomic mass is 127. The standard InChI is InChI=1S/C11H25N3S.HI/c1-9(2)6-7-13-10(12)14-8-11(3,4)15-5;/h9H,6-8H2,1-5H3,(H3,12,13,14);1H. The van der Waals surface area contributed by atoms with Gasteiger partial charge in [0.25, 0.3) is 0 Å². The fourth-order valence-electron chi connectivity index (χ4n) is 0.885. The Morgan fingerprint density at radius 1 is 1.44 bits per heavy atom. The molecular weight excluding hydrogens is 333 g/mol. The highest BCUT2D eigenvalue weighted by Gasteiger charge is 2.14. The van der Waals surface area contributed by atoms with Gasteiger partial charge in [0, 0.05) is 11.3 Å². The van der Waals surface area contributed by atoms with Crippen molar-refractivity contribution in [3.63, 3.8) is 0 Å². The van der Waals surface area contributed by atoms with Gasteiger partial charge in [-0.15, -0.1) is 24.0 Å². The van der Waals surface area contributed by atoms with E-state index in [1.165, 1.54) is 0 Å². The summed E-state index contributed by atoms with van der Waals surface area (Å²) < 4.78 is 0.171. The zero-order valence-electron chi connectivity index (χ0n) is 11.0. The Kier molecular flexibility index (Phi) is 11.0. The van der Waals surface area contributed by atoms with Crippen molar-refractivity contribution in [2.75, 3.05) is 19.3 Å². The van der Waals surface area contributed by atoms with Gasteiger partial charge in [0.1, 0.15) is 0 Å². The number of thioether (sulfide) groups is 1. The van der Waals surface area contributed by atoms with Crippen molar-refractivity contribution >= 4 is 41.7 Å². The number of hydrogen-bond donors (Lipinski definition) is 2. The Balaban J connectivity index is 0. The second kappa shape index (κ2) is 9.39. The first-order chi connectivity index (χ1) is 6.87. The first kappa shape index (κ1) is 18.7. The molecule has 0 bridgehead atoms. The molecule has 5 heteroatoms. The third-order valence-corrected chi connectivity index (χ3v) is 3.44. The summed E-state index contributed by atoms with van der Waals surface area (Å²) in [5, 5.41) is 3.13. The number of rotatable bonds is 6. The van der Waals surface area contributed by atoms with Crippen molar-refractivity contribution < 1.29 is 0 Å². The first-order valence-corrected chi connectivity index (χ1v) is 6.69. The summed E-state index contributed by atoms with van der Waals surface area (Å²) in [7, 11) is 0. The van der Waals surface area contributed by atoms with Crippen molar-refractivity contribution in [1.82, 2.24) is 5.32 Å². The van der Waals surface area contributed by atoms with Crippen LogP contribution >= 0.6 is 35.7 Å². The summed E-state index contributed by atoms with van der Waals surface area (Å²) in [5.74, 6) is 1.27. The van der Waals surface area contributed by atoms with E-state index in [4.69, 9.17) is 5.73 Å². The summed E-state index contributed by atoms with van der Waals surface area (Å²) in [6.45, 7) is 10.4. The van der Waals surface area contributed by atoms with Crippen LogP contribution in [0.1, 0.15) is 34.1 Å². The quantitative estimate of drug-likeness (QED) is 0.436. The van der Waals surface area contributed by atoms with Crippen LogP contribution in [0.2, 0.25) is 0 Å². The molecule has 0 heterocycles. The summed E-state index contributed by atoms with van der Waals surface area (Å²) in [6.07, 6.45) is 3.22. The smallest absolute Gasteiger partial charge is 0.188 e. The van der Waals surface area contributed by atoms with Crippen LogP contribution in [0.25, 0.3) is 0 Å². The molecule has 0 unspecified atom stereocenters. The molecule has 0 atom stereocenters. The average molecular weight is 359 g/mol. The lowest BCUT2D eigenvalue weighted by atomic mass is 10.1. The second-order valence-electron chi connectivity index (χ2n) is 4.77. The molecule has 0 saturated heterocycles. The largest absolute Gasteiger partial charge is 0.370 e. The molecule has 0 aliphatic carbocycles. The molecule has 0 radical (unpaired) electrons. The Morgan fingerprint density at radius 3 is 2.44 bits per heavy atom. The molecule has 0 saturated carbocycles. The monoisotopic (exact) mass is 359 g/mol. The predicted molar refractivity (Wildman–Crippen MR) is 87.0 cm³/mol. The SMILES string of the molecule is CSC(C)(C)CN=C(N)NCCC(C)C.I. The molecule has 0 amide bonds. The van der Waals surface area contributed by atoms with Gasteiger partial charge < -0.3 is 11.1 Å². The van der Waals surface area contributed by atoms with E-state index >= 15 is 0 Å². The fraction of sp³-hybridized carbons (Fsp3) is 0.909. The number of guanidine groups is 1. The van der Waals surface area contributed by atoms with E-state index in [2.05, 4.69) is 44.3 Å². The molecular formula is C11H26IN3S. The maximum atomic E-state index is 5.75. The van der Waals surface area contributed by atoms with Crippen LogP contribution < -0.4 is 11.1 Å². The number of nitrogens with zero attached hydrogens (tertiary/aromatic N) is 1. The number of aliphatic imine (C=N–C) groups is 1. The van der Waals surface area contributed by atoms with Crippen LogP contribution in [0, 0.1) is 5.92 Å². The summed E-state index contributed by atoms with van der Waals surface area (Å²) in [4.78, 5) is 4.33. The molecule has 3 N–H and O–H groups in total. The molecule has 0 aliphatic rings. The van der Waals surface area contributed by atoms with E-state index in [9.17, 15) is 0 Å². The highest BCUT2D eigenvalue weighted by Crippen LogP contribution is 2.20. The Labute approximate surface area is 121 Å². The minimum atomic E-state index is 0. The molecule has 98 valence electrons. The molecule has 0 aromatic heterocycles. The van der Waals surface area contributed by atoms with Crippen LogP contribution in [-0.2, 0) is 0 Å². The zero-order valence-corrected chi connectivity index (χ0v) is 14.2. The van der Waals surface area contributed by atoms with E-state index in [1.54, 1.807) is 0 Å². The van der Waals surface area contributed by atoms with Gasteiger partial charge in [-0.25, -0.2) is 0 Å². The second-order valence-corrected chi connectivity index (χ2v) is 6.29. The lowest BCUT2D eigenvalue weighted by molar-refractivity contribution is 0.576. The molecule has 3 nitrogen and oxygen atoms in total. The lowest BCUT2D eigenvalue weighted by Gasteiger charge is -2.19. The first-order valence-electron chi connectivity index (χ1n) is 5.46. The molecule has 0 fully saturated rings. The molecule has 0 rings (SSSR count). The number of hydrogen-bond acceptors (Lipinski definition) is 2. The van der Waals surface area contributed by atoms with Crippen LogP contribution in [0.5, 0.6) is 0 Å². The maximum absolute atomic E-state index is 5.75. The lowest BCUT2D eigenvalue weighted by Crippen LogP contribution is -2.34. The maximum Gasteiger partial charge on any atom is 0.188 e. The van der Waals surface area contributed by atoms with Gasteiger partial charge in [0.05, 0.1) is 6.54 Å².